The highest BCUT2D eigenvalue weighted by atomic mass is 16.5. The van der Waals surface area contributed by atoms with Crippen LogP contribution in [0.2, 0.25) is 0 Å². The van der Waals surface area contributed by atoms with E-state index in [1.807, 2.05) is 6.07 Å². The monoisotopic (exact) mass is 506 g/mol. The second kappa shape index (κ2) is 10.1. The molecule has 2 aliphatic heterocycles. The van der Waals surface area contributed by atoms with Crippen LogP contribution in [0.15, 0.2) is 42.5 Å². The van der Waals surface area contributed by atoms with Crippen LogP contribution in [-0.4, -0.2) is 53.7 Å². The van der Waals surface area contributed by atoms with E-state index >= 15 is 0 Å². The molecule has 0 fully saturated rings. The first-order valence-electron chi connectivity index (χ1n) is 12.5. The Morgan fingerprint density at radius 2 is 1.16 bits per heavy atom. The number of fused-ring (bicyclic) bond motifs is 4. The summed E-state index contributed by atoms with van der Waals surface area (Å²) in [6.07, 6.45) is 1.85. The molecule has 2 aliphatic rings. The largest absolute Gasteiger partial charge is 0.493 e. The van der Waals surface area contributed by atoms with Crippen LogP contribution in [0.4, 0.5) is 0 Å². The van der Waals surface area contributed by atoms with Crippen molar-refractivity contribution in [3.63, 3.8) is 0 Å². The van der Waals surface area contributed by atoms with Crippen LogP contribution in [0.25, 0.3) is 0 Å². The highest BCUT2D eigenvalue weighted by Gasteiger charge is 2.47. The molecular weight excluding hydrogens is 470 g/mol. The fourth-order valence-corrected chi connectivity index (χ4v) is 6.19. The Kier molecular flexibility index (Phi) is 6.82. The Hall–Kier alpha value is -3.58. The van der Waals surface area contributed by atoms with E-state index in [9.17, 15) is 0 Å². The fourth-order valence-electron chi connectivity index (χ4n) is 6.19. The van der Waals surface area contributed by atoms with E-state index in [1.165, 1.54) is 27.8 Å². The molecule has 0 N–H and O–H groups in total. The molecule has 3 aromatic rings. The smallest absolute Gasteiger partial charge is 0.161 e. The second-order valence-electron chi connectivity index (χ2n) is 9.80. The number of hydrogen-bond acceptors (Lipinski definition) is 6. The third-order valence-corrected chi connectivity index (χ3v) is 8.04. The van der Waals surface area contributed by atoms with Crippen LogP contribution in [0.3, 0.4) is 0 Å². The fraction of sp³-hybridized carbons (Fsp3) is 0.400. The number of methoxy groups -OCH3 is 6. The minimum atomic E-state index is 0.252. The van der Waals surface area contributed by atoms with E-state index in [1.54, 1.807) is 42.7 Å². The Morgan fingerprint density at radius 1 is 0.622 bits per heavy atom. The first-order chi connectivity index (χ1) is 18.0. The summed E-state index contributed by atoms with van der Waals surface area (Å²) >= 11 is 0. The van der Waals surface area contributed by atoms with Crippen molar-refractivity contribution in [1.82, 2.24) is 0 Å². The molecule has 0 saturated heterocycles. The maximum atomic E-state index is 5.73. The minimum absolute atomic E-state index is 0.252. The van der Waals surface area contributed by atoms with Crippen molar-refractivity contribution in [3.05, 3.63) is 70.3 Å². The quantitative estimate of drug-likeness (QED) is 0.396. The van der Waals surface area contributed by atoms with E-state index in [4.69, 9.17) is 28.4 Å². The topological polar surface area (TPSA) is 55.4 Å². The molecule has 0 aromatic heterocycles. The van der Waals surface area contributed by atoms with Gasteiger partial charge in [-0.3, -0.25) is 0 Å². The first kappa shape index (κ1) is 25.1. The third-order valence-electron chi connectivity index (χ3n) is 8.04. The summed E-state index contributed by atoms with van der Waals surface area (Å²) in [6, 6.07) is 15.2. The van der Waals surface area contributed by atoms with Gasteiger partial charge in [0, 0.05) is 29.5 Å². The van der Waals surface area contributed by atoms with Gasteiger partial charge in [-0.1, -0.05) is 0 Å². The van der Waals surface area contributed by atoms with Crippen LogP contribution in [-0.2, 0) is 25.9 Å². The first-order valence-corrected chi connectivity index (χ1v) is 12.5. The van der Waals surface area contributed by atoms with Gasteiger partial charge in [-0.05, 0) is 53.6 Å². The third kappa shape index (κ3) is 4.31. The van der Waals surface area contributed by atoms with Crippen LogP contribution in [0.5, 0.6) is 34.5 Å². The predicted octanol–water partition coefficient (Wildman–Crippen LogP) is 5.11. The van der Waals surface area contributed by atoms with Gasteiger partial charge in [0.25, 0.3) is 0 Å². The normalized spacial score (nSPS) is 19.7. The molecule has 2 atom stereocenters. The lowest BCUT2D eigenvalue weighted by molar-refractivity contribution is -0.985. The number of ether oxygens (including phenoxy) is 6. The van der Waals surface area contributed by atoms with Crippen LogP contribution in [0.1, 0.15) is 33.9 Å². The van der Waals surface area contributed by atoms with Gasteiger partial charge >= 0.3 is 0 Å². The zero-order valence-electron chi connectivity index (χ0n) is 22.6. The van der Waals surface area contributed by atoms with Gasteiger partial charge in [-0.2, -0.15) is 0 Å². The Labute approximate surface area is 219 Å². The molecule has 7 heteroatoms. The minimum Gasteiger partial charge on any atom is -0.493 e. The van der Waals surface area contributed by atoms with Gasteiger partial charge in [0.15, 0.2) is 34.5 Å². The van der Waals surface area contributed by atoms with Crippen molar-refractivity contribution in [1.29, 1.82) is 0 Å². The lowest BCUT2D eigenvalue weighted by Gasteiger charge is -2.51. The Balaban J connectivity index is 1.65. The van der Waals surface area contributed by atoms with Gasteiger partial charge in [-0.25, -0.2) is 0 Å². The van der Waals surface area contributed by atoms with Gasteiger partial charge in [0.05, 0.1) is 49.2 Å². The predicted molar refractivity (Wildman–Crippen MR) is 141 cm³/mol. The Bertz CT molecular complexity index is 1310. The van der Waals surface area contributed by atoms with Crippen molar-refractivity contribution in [2.24, 2.45) is 0 Å². The summed E-state index contributed by atoms with van der Waals surface area (Å²) in [5.41, 5.74) is 6.47. The molecular formula is C30H36NO6+. The molecule has 0 amide bonds. The summed E-state index contributed by atoms with van der Waals surface area (Å²) in [5.74, 6) is 4.58. The molecule has 37 heavy (non-hydrogen) atoms. The SMILES string of the molecule is COc1ccc(C[N@@+]23CCc4cc(OC)c(OC)cc4[C@H]2Cc2cc(OC)c(OC)cc2C3)cc1OC. The molecule has 5 rings (SSSR count). The average Bonchev–Trinajstić information content (AvgIpc) is 2.94. The molecule has 0 unspecified atom stereocenters. The standard InChI is InChI=1S/C30H36NO6/c1-32-25-8-7-19(11-26(25)33-2)17-31-10-9-20-13-27(34-3)30(37-6)16-23(20)24(31)12-21-14-28(35-4)29(36-5)15-22(21)18-31/h7-8,11,13-16,24H,9-10,12,17-18H2,1-6H3/q+1/t24-,31-/m1/s1. The number of benzene rings is 3. The van der Waals surface area contributed by atoms with Crippen molar-refractivity contribution < 1.29 is 32.9 Å². The van der Waals surface area contributed by atoms with Crippen molar-refractivity contribution in [3.8, 4) is 34.5 Å². The second-order valence-corrected chi connectivity index (χ2v) is 9.80. The van der Waals surface area contributed by atoms with Gasteiger partial charge in [0.2, 0.25) is 0 Å². The van der Waals surface area contributed by atoms with Gasteiger partial charge in [0.1, 0.15) is 19.1 Å². The maximum Gasteiger partial charge on any atom is 0.161 e. The lowest BCUT2D eigenvalue weighted by atomic mass is 9.80. The van der Waals surface area contributed by atoms with Gasteiger partial charge < -0.3 is 32.9 Å². The van der Waals surface area contributed by atoms with E-state index < -0.39 is 0 Å². The molecule has 3 aromatic carbocycles. The Morgan fingerprint density at radius 3 is 1.78 bits per heavy atom. The van der Waals surface area contributed by atoms with Gasteiger partial charge in [-0.15, -0.1) is 0 Å². The number of rotatable bonds is 8. The maximum absolute atomic E-state index is 5.73. The average molecular weight is 507 g/mol. The zero-order valence-corrected chi connectivity index (χ0v) is 22.6. The molecule has 0 aliphatic carbocycles. The molecule has 0 bridgehead atoms. The van der Waals surface area contributed by atoms with E-state index in [2.05, 4.69) is 36.4 Å². The van der Waals surface area contributed by atoms with E-state index in [0.717, 1.165) is 71.5 Å². The number of quaternary nitrogens is 1. The molecule has 196 valence electrons. The summed E-state index contributed by atoms with van der Waals surface area (Å²) in [6.45, 7) is 2.77. The molecule has 0 saturated carbocycles. The molecule has 2 heterocycles. The van der Waals surface area contributed by atoms with Crippen molar-refractivity contribution in [2.75, 3.05) is 49.2 Å². The van der Waals surface area contributed by atoms with Crippen molar-refractivity contribution in [2.45, 2.75) is 32.0 Å². The highest BCUT2D eigenvalue weighted by molar-refractivity contribution is 5.52. The van der Waals surface area contributed by atoms with Crippen LogP contribution < -0.4 is 28.4 Å². The molecule has 0 spiro atoms. The molecule has 0 radical (unpaired) electrons. The summed E-state index contributed by atoms with van der Waals surface area (Å²) < 4.78 is 34.7. The lowest BCUT2D eigenvalue weighted by Crippen LogP contribution is -2.55. The van der Waals surface area contributed by atoms with Crippen LogP contribution >= 0.6 is 0 Å². The summed E-state index contributed by atoms with van der Waals surface area (Å²) in [5, 5.41) is 0. The molecule has 7 nitrogen and oxygen atoms in total. The zero-order chi connectivity index (χ0) is 26.2. The van der Waals surface area contributed by atoms with E-state index in [-0.39, 0.29) is 6.04 Å². The summed E-state index contributed by atoms with van der Waals surface area (Å²) in [7, 11) is 10.1. The highest BCUT2D eigenvalue weighted by Crippen LogP contribution is 2.49. The number of nitrogens with zero attached hydrogens (tertiary/aromatic N) is 1. The van der Waals surface area contributed by atoms with Crippen molar-refractivity contribution >= 4 is 0 Å². The van der Waals surface area contributed by atoms with E-state index in [0.29, 0.717) is 0 Å². The number of hydrogen-bond donors (Lipinski definition) is 0. The summed E-state index contributed by atoms with van der Waals surface area (Å²) in [4.78, 5) is 0. The van der Waals surface area contributed by atoms with Crippen LogP contribution in [0, 0.1) is 0 Å².